The van der Waals surface area contributed by atoms with Gasteiger partial charge in [-0.05, 0) is 23.5 Å². The minimum absolute atomic E-state index is 0. The number of hydrogen-bond donors (Lipinski definition) is 2. The van der Waals surface area contributed by atoms with Crippen LogP contribution in [0.5, 0.6) is 11.5 Å². The molecule has 4 nitrogen and oxygen atoms in total. The molecule has 1 aromatic carbocycles. The van der Waals surface area contributed by atoms with Crippen LogP contribution in [0.25, 0.3) is 0 Å². The molecule has 0 atom stereocenters. The van der Waals surface area contributed by atoms with E-state index in [1.54, 1.807) is 6.07 Å². The van der Waals surface area contributed by atoms with E-state index in [1.165, 1.54) is 0 Å². The second kappa shape index (κ2) is 7.24. The second-order valence-corrected chi connectivity index (χ2v) is 4.39. The maximum absolute atomic E-state index is 8.89. The summed E-state index contributed by atoms with van der Waals surface area (Å²) in [4.78, 5) is 8.51. The molecular formula is C12H19NaO4. The molecule has 0 aliphatic heterocycles. The van der Waals surface area contributed by atoms with Crippen molar-refractivity contribution in [3.05, 3.63) is 23.3 Å². The van der Waals surface area contributed by atoms with E-state index in [4.69, 9.17) is 10.5 Å². The van der Waals surface area contributed by atoms with Gasteiger partial charge in [0.05, 0.1) is 0 Å². The molecule has 0 spiro atoms. The monoisotopic (exact) mass is 250 g/mol. The molecule has 0 aliphatic carbocycles. The van der Waals surface area contributed by atoms with Crippen LogP contribution >= 0.6 is 0 Å². The molecule has 0 aromatic heterocycles. The summed E-state index contributed by atoms with van der Waals surface area (Å²) < 4.78 is 0. The molecule has 0 fully saturated rings. The Morgan fingerprint density at radius 1 is 0.941 bits per heavy atom. The quantitative estimate of drug-likeness (QED) is 0.490. The van der Waals surface area contributed by atoms with Crippen molar-refractivity contribution in [3.63, 3.8) is 0 Å². The zero-order valence-corrected chi connectivity index (χ0v) is 10.0. The molecule has 1 rings (SSSR count). The number of hydrogen-bond acceptors (Lipinski definition) is 4. The molecule has 0 bridgehead atoms. The molecule has 2 N–H and O–H groups in total. The van der Waals surface area contributed by atoms with Crippen molar-refractivity contribution in [1.82, 2.24) is 0 Å². The number of benzene rings is 1. The van der Waals surface area contributed by atoms with Crippen molar-refractivity contribution in [2.24, 2.45) is 0 Å². The second-order valence-electron chi connectivity index (χ2n) is 4.39. The van der Waals surface area contributed by atoms with Crippen LogP contribution in [0.4, 0.5) is 0 Å². The van der Waals surface area contributed by atoms with Crippen LogP contribution < -0.4 is 9.78 Å². The average molecular weight is 250 g/mol. The van der Waals surface area contributed by atoms with Crippen molar-refractivity contribution >= 4 is 29.6 Å². The summed E-state index contributed by atoms with van der Waals surface area (Å²) in [6.07, 6.45) is 0. The van der Waals surface area contributed by atoms with Crippen LogP contribution in [0.1, 0.15) is 50.7 Å². The summed E-state index contributed by atoms with van der Waals surface area (Å²) >= 11 is 0. The summed E-state index contributed by atoms with van der Waals surface area (Å²) in [7, 11) is 0. The summed E-state index contributed by atoms with van der Waals surface area (Å²) in [5, 5.41) is 17.6. The van der Waals surface area contributed by atoms with E-state index in [-0.39, 0.29) is 47.0 Å². The summed E-state index contributed by atoms with van der Waals surface area (Å²) in [6.45, 7) is 8.10. The summed E-state index contributed by atoms with van der Waals surface area (Å²) in [6, 6.07) is 3.45. The van der Waals surface area contributed by atoms with Gasteiger partial charge in [0.1, 0.15) is 0 Å². The normalized spacial score (nSPS) is 10.4. The van der Waals surface area contributed by atoms with Crippen LogP contribution in [0.2, 0.25) is 0 Å². The molecule has 17 heavy (non-hydrogen) atoms. The van der Waals surface area contributed by atoms with Gasteiger partial charge >= 0.3 is 29.6 Å². The fourth-order valence-corrected chi connectivity index (χ4v) is 1.86. The topological polar surface area (TPSA) is 58.9 Å². The molecule has 0 unspecified atom stereocenters. The third-order valence-electron chi connectivity index (χ3n) is 2.58. The predicted molar refractivity (Wildman–Crippen MR) is 68.3 cm³/mol. The van der Waals surface area contributed by atoms with Crippen molar-refractivity contribution in [1.29, 1.82) is 0 Å². The molecular weight excluding hydrogens is 231 g/mol. The fourth-order valence-electron chi connectivity index (χ4n) is 1.86. The summed E-state index contributed by atoms with van der Waals surface area (Å²) in [5.74, 6) is 0.771. The third kappa shape index (κ3) is 3.60. The Morgan fingerprint density at radius 2 is 1.53 bits per heavy atom. The molecule has 1 aromatic rings. The Labute approximate surface area is 124 Å². The minimum atomic E-state index is 0. The van der Waals surface area contributed by atoms with E-state index in [0.717, 1.165) is 11.1 Å². The van der Waals surface area contributed by atoms with Gasteiger partial charge < -0.3 is 9.78 Å². The molecule has 5 heteroatoms. The zero-order chi connectivity index (χ0) is 12.3. The van der Waals surface area contributed by atoms with Gasteiger partial charge in [0.25, 0.3) is 0 Å². The maximum atomic E-state index is 8.89. The van der Waals surface area contributed by atoms with Gasteiger partial charge in [-0.1, -0.05) is 33.8 Å². The van der Waals surface area contributed by atoms with Gasteiger partial charge in [0, 0.05) is 5.56 Å². The fraction of sp³-hybridized carbons (Fsp3) is 0.500. The van der Waals surface area contributed by atoms with E-state index in [9.17, 15) is 0 Å². The molecule has 0 amide bonds. The van der Waals surface area contributed by atoms with E-state index >= 15 is 0 Å². The molecule has 0 saturated carbocycles. The van der Waals surface area contributed by atoms with Crippen molar-refractivity contribution in [2.45, 2.75) is 39.5 Å². The van der Waals surface area contributed by atoms with E-state index in [1.807, 2.05) is 19.9 Å². The SMILES string of the molecule is CC(C)c1ccc(OO)c(OO)c1C(C)C.[NaH]. The van der Waals surface area contributed by atoms with Gasteiger partial charge in [-0.25, -0.2) is 10.5 Å². The van der Waals surface area contributed by atoms with Crippen LogP contribution in [0.3, 0.4) is 0 Å². The first-order valence-electron chi connectivity index (χ1n) is 5.32. The van der Waals surface area contributed by atoms with Crippen molar-refractivity contribution in [2.75, 3.05) is 0 Å². The summed E-state index contributed by atoms with van der Waals surface area (Å²) in [5.41, 5.74) is 1.92. The first kappa shape index (κ1) is 16.7. The Morgan fingerprint density at radius 3 is 1.88 bits per heavy atom. The first-order valence-corrected chi connectivity index (χ1v) is 5.32. The molecule has 0 aliphatic rings. The first-order chi connectivity index (χ1) is 7.52. The number of rotatable bonds is 4. The van der Waals surface area contributed by atoms with Crippen molar-refractivity contribution in [3.8, 4) is 11.5 Å². The van der Waals surface area contributed by atoms with Gasteiger partial charge in [-0.3, -0.25) is 0 Å². The van der Waals surface area contributed by atoms with Crippen molar-refractivity contribution < 1.29 is 20.3 Å². The Balaban J connectivity index is 0.00000256. The van der Waals surface area contributed by atoms with E-state index < -0.39 is 0 Å². The van der Waals surface area contributed by atoms with E-state index in [2.05, 4.69) is 23.6 Å². The molecule has 0 radical (unpaired) electrons. The Hall–Kier alpha value is -0.260. The standard InChI is InChI=1S/C12H18O4.Na.H/c1-7(2)9-5-6-10(15-13)12(16-14)11(9)8(3)4;;/h5-8,13-14H,1-4H3;;. The van der Waals surface area contributed by atoms with Gasteiger partial charge in [0.15, 0.2) is 0 Å². The van der Waals surface area contributed by atoms with Crippen LogP contribution in [-0.2, 0) is 0 Å². The zero-order valence-electron chi connectivity index (χ0n) is 10.0. The van der Waals surface area contributed by atoms with Gasteiger partial charge in [0.2, 0.25) is 11.5 Å². The Bertz CT molecular complexity index is 364. The Kier molecular flexibility index (Phi) is 7.13. The van der Waals surface area contributed by atoms with E-state index in [0.29, 0.717) is 5.92 Å². The van der Waals surface area contributed by atoms with Gasteiger partial charge in [-0.2, -0.15) is 0 Å². The van der Waals surface area contributed by atoms with Crippen LogP contribution in [0.15, 0.2) is 12.1 Å². The molecule has 0 saturated heterocycles. The molecule has 0 heterocycles. The van der Waals surface area contributed by atoms with Crippen LogP contribution in [-0.4, -0.2) is 40.1 Å². The van der Waals surface area contributed by atoms with Gasteiger partial charge in [-0.15, -0.1) is 0 Å². The predicted octanol–water partition coefficient (Wildman–Crippen LogP) is 2.99. The third-order valence-corrected chi connectivity index (χ3v) is 2.58. The average Bonchev–Trinajstić information content (AvgIpc) is 2.26. The van der Waals surface area contributed by atoms with Crippen LogP contribution in [0, 0.1) is 0 Å². The molecule has 92 valence electrons.